The molecule has 2 N–H and O–H groups in total. The number of azo groups is 1. The van der Waals surface area contributed by atoms with Gasteiger partial charge in [-0.2, -0.15) is 18.6 Å². The second-order valence-electron chi connectivity index (χ2n) is 3.69. The van der Waals surface area contributed by atoms with Crippen LogP contribution < -0.4 is 59.1 Å². The van der Waals surface area contributed by atoms with Gasteiger partial charge in [0.15, 0.2) is 0 Å². The van der Waals surface area contributed by atoms with E-state index in [1.165, 1.54) is 30.3 Å². The Morgan fingerprint density at radius 2 is 1.48 bits per heavy atom. The zero-order chi connectivity index (χ0) is 13.9. The average Bonchev–Trinajstić information content (AvgIpc) is 2.37. The number of phenolic OH excluding ortho intramolecular Hbond substituents is 1. The molecule has 2 aromatic carbocycles. The van der Waals surface area contributed by atoms with Crippen LogP contribution in [0.4, 0.5) is 11.4 Å². The van der Waals surface area contributed by atoms with Gasteiger partial charge in [-0.25, -0.2) is 0 Å². The Kier molecular flexibility index (Phi) is 8.91. The maximum Gasteiger partial charge on any atom is 1.00 e. The molecule has 0 amide bonds. The van der Waals surface area contributed by atoms with Gasteiger partial charge in [0.1, 0.15) is 5.75 Å². The molecule has 0 saturated carbocycles. The van der Waals surface area contributed by atoms with Crippen molar-refractivity contribution < 1.29 is 80.0 Å². The van der Waals surface area contributed by atoms with E-state index in [1.807, 2.05) is 0 Å². The summed E-state index contributed by atoms with van der Waals surface area (Å²) < 4.78 is 30.8. The van der Waals surface area contributed by atoms with Crippen LogP contribution in [0.25, 0.3) is 0 Å². The summed E-state index contributed by atoms with van der Waals surface area (Å²) in [6.45, 7) is 0. The van der Waals surface area contributed by atoms with Crippen LogP contribution >= 0.6 is 0 Å². The predicted octanol–water partition coefficient (Wildman–Crippen LogP) is -2.71. The summed E-state index contributed by atoms with van der Waals surface area (Å²) in [5.74, 6) is 0.118. The number of phenols is 1. The third-order valence-electron chi connectivity index (χ3n) is 2.25. The van der Waals surface area contributed by atoms with Crippen LogP contribution in [0.5, 0.6) is 5.75 Å². The maximum atomic E-state index is 11.0. The van der Waals surface area contributed by atoms with Crippen molar-refractivity contribution >= 4 is 21.5 Å². The van der Waals surface area contributed by atoms with Crippen LogP contribution in [0.3, 0.4) is 0 Å². The number of hydrogen-bond acceptors (Lipinski definition) is 5. The van der Waals surface area contributed by atoms with Crippen LogP contribution in [0, 0.1) is 0 Å². The molecule has 0 atom stereocenters. The Labute approximate surface area is 169 Å². The summed E-state index contributed by atoms with van der Waals surface area (Å²) in [5.41, 5.74) is 0.804. The van der Waals surface area contributed by atoms with E-state index in [1.54, 1.807) is 18.2 Å². The zero-order valence-electron chi connectivity index (χ0n) is 13.6. The molecule has 0 heterocycles. The van der Waals surface area contributed by atoms with Crippen molar-refractivity contribution in [1.29, 1.82) is 0 Å². The molecule has 0 saturated heterocycles. The van der Waals surface area contributed by atoms with Crippen molar-refractivity contribution in [3.05, 3.63) is 48.5 Å². The molecule has 0 aliphatic carbocycles. The molecule has 2 rings (SSSR count). The Balaban J connectivity index is -0.000001000. The van der Waals surface area contributed by atoms with Gasteiger partial charge < -0.3 is 7.96 Å². The standard InChI is InChI=1S/C12H10N2O4S.2Na.2H/c15-11-6-4-9(5-7-11)13-14-10-2-1-3-12(8-10)19(16,17)18;;;;/h1-8,15H,(H,16,17,18);;;;/q;2*+1;2*-1. The maximum absolute atomic E-state index is 11.0. The first-order chi connectivity index (χ1) is 8.95. The van der Waals surface area contributed by atoms with E-state index in [0.29, 0.717) is 11.4 Å². The molecule has 6 nitrogen and oxygen atoms in total. The first kappa shape index (κ1) is 20.8. The number of benzene rings is 2. The SMILES string of the molecule is O=S(=O)(O)c1cccc(N=Nc2ccc(O)cc2)c1.[H-].[H-].[Na+].[Na+]. The largest absolute Gasteiger partial charge is 1.00 e. The fourth-order valence-corrected chi connectivity index (χ4v) is 1.86. The molecule has 0 spiro atoms. The molecule has 0 aliphatic rings. The van der Waals surface area contributed by atoms with Crippen molar-refractivity contribution in [2.24, 2.45) is 10.2 Å². The third-order valence-corrected chi connectivity index (χ3v) is 3.10. The summed E-state index contributed by atoms with van der Waals surface area (Å²) in [4.78, 5) is -0.241. The molecule has 2 aromatic rings. The monoisotopic (exact) mass is 326 g/mol. The molecule has 0 fully saturated rings. The molecular weight excluding hydrogens is 314 g/mol. The molecule has 21 heavy (non-hydrogen) atoms. The molecule has 0 aliphatic heterocycles. The number of aromatic hydroxyl groups is 1. The number of hydrogen-bond donors (Lipinski definition) is 2. The van der Waals surface area contributed by atoms with Gasteiger partial charge in [0, 0.05) is 0 Å². The number of rotatable bonds is 3. The van der Waals surface area contributed by atoms with Gasteiger partial charge >= 0.3 is 59.1 Å². The fraction of sp³-hybridized carbons (Fsp3) is 0. The van der Waals surface area contributed by atoms with E-state index in [4.69, 9.17) is 9.66 Å². The van der Waals surface area contributed by atoms with E-state index in [0.717, 1.165) is 0 Å². The zero-order valence-corrected chi connectivity index (χ0v) is 16.4. The van der Waals surface area contributed by atoms with Crippen molar-refractivity contribution in [3.8, 4) is 5.75 Å². The Morgan fingerprint density at radius 3 is 2.05 bits per heavy atom. The Morgan fingerprint density at radius 1 is 0.905 bits per heavy atom. The molecule has 0 radical (unpaired) electrons. The van der Waals surface area contributed by atoms with Gasteiger partial charge in [-0.3, -0.25) is 4.55 Å². The minimum atomic E-state index is -4.25. The average molecular weight is 326 g/mol. The van der Waals surface area contributed by atoms with Crippen LogP contribution in [-0.4, -0.2) is 18.1 Å². The molecular formula is C12H12N2Na2O4S. The van der Waals surface area contributed by atoms with Gasteiger partial charge in [-0.1, -0.05) is 6.07 Å². The van der Waals surface area contributed by atoms with E-state index in [9.17, 15) is 8.42 Å². The minimum Gasteiger partial charge on any atom is -1.00 e. The van der Waals surface area contributed by atoms with E-state index in [-0.39, 0.29) is 72.6 Å². The minimum absolute atomic E-state index is 0. The molecule has 9 heteroatoms. The van der Waals surface area contributed by atoms with E-state index < -0.39 is 10.1 Å². The van der Waals surface area contributed by atoms with Crippen molar-refractivity contribution in [1.82, 2.24) is 0 Å². The second kappa shape index (κ2) is 9.02. The number of nitrogens with zero attached hydrogens (tertiary/aromatic N) is 2. The first-order valence-corrected chi connectivity index (χ1v) is 6.67. The van der Waals surface area contributed by atoms with Crippen LogP contribution in [0.2, 0.25) is 0 Å². The Bertz CT molecular complexity index is 728. The smallest absolute Gasteiger partial charge is 1.00 e. The predicted molar refractivity (Wildman–Crippen MR) is 70.8 cm³/mol. The van der Waals surface area contributed by atoms with Crippen LogP contribution in [-0.2, 0) is 10.1 Å². The molecule has 102 valence electrons. The third kappa shape index (κ3) is 6.58. The van der Waals surface area contributed by atoms with Crippen molar-refractivity contribution in [3.63, 3.8) is 0 Å². The van der Waals surface area contributed by atoms with Crippen molar-refractivity contribution in [2.45, 2.75) is 4.90 Å². The van der Waals surface area contributed by atoms with E-state index >= 15 is 0 Å². The summed E-state index contributed by atoms with van der Waals surface area (Å²) in [6.07, 6.45) is 0. The summed E-state index contributed by atoms with van der Waals surface area (Å²) in [5, 5.41) is 16.8. The van der Waals surface area contributed by atoms with Gasteiger partial charge in [-0.15, -0.1) is 0 Å². The topological polar surface area (TPSA) is 99.3 Å². The summed E-state index contributed by atoms with van der Waals surface area (Å²) >= 11 is 0. The summed E-state index contributed by atoms with van der Waals surface area (Å²) in [7, 11) is -4.25. The van der Waals surface area contributed by atoms with Gasteiger partial charge in [0.25, 0.3) is 10.1 Å². The summed E-state index contributed by atoms with van der Waals surface area (Å²) in [6, 6.07) is 11.5. The normalized spacial score (nSPS) is 10.7. The Hall–Kier alpha value is -0.250. The van der Waals surface area contributed by atoms with Gasteiger partial charge in [-0.05, 0) is 42.5 Å². The molecule has 0 unspecified atom stereocenters. The van der Waals surface area contributed by atoms with E-state index in [2.05, 4.69) is 10.2 Å². The van der Waals surface area contributed by atoms with Gasteiger partial charge in [0.2, 0.25) is 0 Å². The van der Waals surface area contributed by atoms with Crippen molar-refractivity contribution in [2.75, 3.05) is 0 Å². The molecule has 0 bridgehead atoms. The fourth-order valence-electron chi connectivity index (χ4n) is 1.34. The van der Waals surface area contributed by atoms with Crippen LogP contribution in [0.1, 0.15) is 2.85 Å². The quantitative estimate of drug-likeness (QED) is 0.364. The second-order valence-corrected chi connectivity index (χ2v) is 5.11. The molecule has 0 aromatic heterocycles. The van der Waals surface area contributed by atoms with Gasteiger partial charge in [0.05, 0.1) is 16.3 Å². The first-order valence-electron chi connectivity index (χ1n) is 5.23. The van der Waals surface area contributed by atoms with Crippen LogP contribution in [0.15, 0.2) is 63.7 Å².